The summed E-state index contributed by atoms with van der Waals surface area (Å²) in [6.45, 7) is 0.535. The molecule has 1 atom stereocenters. The number of aliphatic hydroxyl groups excluding tert-OH is 1. The molecule has 0 radical (unpaired) electrons. The second-order valence-corrected chi connectivity index (χ2v) is 3.93. The van der Waals surface area contributed by atoms with Crippen molar-refractivity contribution in [1.29, 1.82) is 0 Å². The normalized spacial score (nSPS) is 12.1. The average molecular weight is 244 g/mol. The van der Waals surface area contributed by atoms with Gasteiger partial charge in [0.1, 0.15) is 12.4 Å². The molecule has 94 valence electrons. The lowest BCUT2D eigenvalue weighted by Crippen LogP contribution is -1.99. The third kappa shape index (κ3) is 3.32. The topological polar surface area (TPSA) is 38.7 Å². The van der Waals surface area contributed by atoms with Crippen LogP contribution in [0.4, 0.5) is 0 Å². The number of benzene rings is 2. The van der Waals surface area contributed by atoms with Gasteiger partial charge < -0.3 is 14.6 Å². The zero-order valence-electron chi connectivity index (χ0n) is 10.2. The molecular formula is C15H16O3. The maximum atomic E-state index is 9.47. The maximum Gasteiger partial charge on any atom is 0.180 e. The van der Waals surface area contributed by atoms with Crippen LogP contribution in [0.5, 0.6) is 5.75 Å². The minimum absolute atomic E-state index is 0.535. The molecule has 3 nitrogen and oxygen atoms in total. The van der Waals surface area contributed by atoms with Crippen molar-refractivity contribution in [1.82, 2.24) is 0 Å². The lowest BCUT2D eigenvalue weighted by molar-refractivity contribution is -0.0769. The van der Waals surface area contributed by atoms with Crippen molar-refractivity contribution in [2.45, 2.75) is 12.9 Å². The van der Waals surface area contributed by atoms with E-state index in [1.54, 1.807) is 12.1 Å². The number of rotatable bonds is 5. The molecule has 2 aromatic carbocycles. The highest BCUT2D eigenvalue weighted by molar-refractivity contribution is 5.28. The van der Waals surface area contributed by atoms with Gasteiger partial charge in [-0.05, 0) is 17.7 Å². The number of hydrogen-bond acceptors (Lipinski definition) is 3. The van der Waals surface area contributed by atoms with Crippen LogP contribution in [-0.2, 0) is 11.3 Å². The third-order valence-electron chi connectivity index (χ3n) is 2.64. The Hall–Kier alpha value is -1.84. The van der Waals surface area contributed by atoms with Gasteiger partial charge in [-0.3, -0.25) is 0 Å². The van der Waals surface area contributed by atoms with E-state index >= 15 is 0 Å². The van der Waals surface area contributed by atoms with Crippen LogP contribution >= 0.6 is 0 Å². The molecule has 0 saturated carbocycles. The van der Waals surface area contributed by atoms with Crippen LogP contribution in [0.3, 0.4) is 0 Å². The van der Waals surface area contributed by atoms with Crippen molar-refractivity contribution in [3.63, 3.8) is 0 Å². The van der Waals surface area contributed by atoms with Crippen LogP contribution in [-0.4, -0.2) is 12.2 Å². The van der Waals surface area contributed by atoms with Crippen LogP contribution in [0, 0.1) is 0 Å². The van der Waals surface area contributed by atoms with Gasteiger partial charge in [0.05, 0.1) is 0 Å². The Bertz CT molecular complexity index is 465. The minimum Gasteiger partial charge on any atom is -0.489 e. The standard InChI is InChI=1S/C15H16O3/c1-17-15(16)13-7-9-14(10-8-13)18-11-12-5-3-2-4-6-12/h2-10,15-16H,11H2,1H3. The third-order valence-corrected chi connectivity index (χ3v) is 2.64. The Morgan fingerprint density at radius 3 is 2.28 bits per heavy atom. The van der Waals surface area contributed by atoms with E-state index in [0.717, 1.165) is 11.3 Å². The highest BCUT2D eigenvalue weighted by atomic mass is 16.6. The molecule has 2 aromatic rings. The van der Waals surface area contributed by atoms with E-state index in [-0.39, 0.29) is 0 Å². The van der Waals surface area contributed by atoms with E-state index in [2.05, 4.69) is 0 Å². The SMILES string of the molecule is COC(O)c1ccc(OCc2ccccc2)cc1. The molecule has 3 heteroatoms. The van der Waals surface area contributed by atoms with E-state index < -0.39 is 6.29 Å². The fraction of sp³-hybridized carbons (Fsp3) is 0.200. The Morgan fingerprint density at radius 1 is 1.00 bits per heavy atom. The summed E-state index contributed by atoms with van der Waals surface area (Å²) in [5, 5.41) is 9.47. The Balaban J connectivity index is 1.94. The van der Waals surface area contributed by atoms with Gasteiger partial charge in [-0.25, -0.2) is 0 Å². The molecular weight excluding hydrogens is 228 g/mol. The Morgan fingerprint density at radius 2 is 1.67 bits per heavy atom. The first-order chi connectivity index (χ1) is 8.79. The van der Waals surface area contributed by atoms with Gasteiger partial charge >= 0.3 is 0 Å². The summed E-state index contributed by atoms with van der Waals surface area (Å²) in [4.78, 5) is 0. The van der Waals surface area contributed by atoms with Crippen molar-refractivity contribution < 1.29 is 14.6 Å². The molecule has 1 N–H and O–H groups in total. The summed E-state index contributed by atoms with van der Waals surface area (Å²) in [7, 11) is 1.46. The molecule has 0 spiro atoms. The molecule has 0 aliphatic heterocycles. The Kier molecular flexibility index (Phi) is 4.34. The molecule has 0 aliphatic rings. The van der Waals surface area contributed by atoms with E-state index in [1.807, 2.05) is 42.5 Å². The lowest BCUT2D eigenvalue weighted by Gasteiger charge is -2.10. The van der Waals surface area contributed by atoms with Gasteiger partial charge in [-0.2, -0.15) is 0 Å². The first-order valence-electron chi connectivity index (χ1n) is 5.77. The summed E-state index contributed by atoms with van der Waals surface area (Å²) < 4.78 is 10.5. The molecule has 0 fully saturated rings. The molecule has 0 amide bonds. The van der Waals surface area contributed by atoms with Gasteiger partial charge in [0.15, 0.2) is 6.29 Å². The molecule has 0 saturated heterocycles. The average Bonchev–Trinajstić information content (AvgIpc) is 2.46. The monoisotopic (exact) mass is 244 g/mol. The van der Waals surface area contributed by atoms with Gasteiger partial charge in [0.25, 0.3) is 0 Å². The van der Waals surface area contributed by atoms with Gasteiger partial charge in [-0.15, -0.1) is 0 Å². The van der Waals surface area contributed by atoms with E-state index in [1.165, 1.54) is 7.11 Å². The first kappa shape index (κ1) is 12.6. The van der Waals surface area contributed by atoms with E-state index in [9.17, 15) is 5.11 Å². The highest BCUT2D eigenvalue weighted by Crippen LogP contribution is 2.18. The molecule has 2 rings (SSSR count). The highest BCUT2D eigenvalue weighted by Gasteiger charge is 2.04. The number of hydrogen-bond donors (Lipinski definition) is 1. The van der Waals surface area contributed by atoms with Crippen molar-refractivity contribution in [2.75, 3.05) is 7.11 Å². The predicted octanol–water partition coefficient (Wildman–Crippen LogP) is 2.90. The van der Waals surface area contributed by atoms with Gasteiger partial charge in [-0.1, -0.05) is 42.5 Å². The smallest absolute Gasteiger partial charge is 0.180 e. The summed E-state index contributed by atoms with van der Waals surface area (Å²) in [5.41, 5.74) is 1.84. The van der Waals surface area contributed by atoms with Crippen molar-refractivity contribution in [2.24, 2.45) is 0 Å². The molecule has 1 unspecified atom stereocenters. The van der Waals surface area contributed by atoms with Crippen LogP contribution in [0.25, 0.3) is 0 Å². The summed E-state index contributed by atoms with van der Waals surface area (Å²) >= 11 is 0. The van der Waals surface area contributed by atoms with Crippen molar-refractivity contribution >= 4 is 0 Å². The predicted molar refractivity (Wildman–Crippen MR) is 69.2 cm³/mol. The second kappa shape index (κ2) is 6.19. The van der Waals surface area contributed by atoms with E-state index in [4.69, 9.17) is 9.47 Å². The number of ether oxygens (including phenoxy) is 2. The van der Waals surface area contributed by atoms with Crippen LogP contribution in [0.2, 0.25) is 0 Å². The lowest BCUT2D eigenvalue weighted by atomic mass is 10.2. The molecule has 18 heavy (non-hydrogen) atoms. The zero-order chi connectivity index (χ0) is 12.8. The quantitative estimate of drug-likeness (QED) is 0.822. The fourth-order valence-corrected chi connectivity index (χ4v) is 1.61. The van der Waals surface area contributed by atoms with Gasteiger partial charge in [0.2, 0.25) is 0 Å². The first-order valence-corrected chi connectivity index (χ1v) is 5.77. The summed E-state index contributed by atoms with van der Waals surface area (Å²) in [5.74, 6) is 0.769. The Labute approximate surface area is 107 Å². The van der Waals surface area contributed by atoms with Crippen LogP contribution in [0.15, 0.2) is 54.6 Å². The van der Waals surface area contributed by atoms with E-state index in [0.29, 0.717) is 12.2 Å². The summed E-state index contributed by atoms with van der Waals surface area (Å²) in [6.07, 6.45) is -0.881. The van der Waals surface area contributed by atoms with Crippen LogP contribution in [0.1, 0.15) is 17.4 Å². The number of methoxy groups -OCH3 is 1. The molecule has 0 aliphatic carbocycles. The fourth-order valence-electron chi connectivity index (χ4n) is 1.61. The summed E-state index contributed by atoms with van der Waals surface area (Å²) in [6, 6.07) is 17.2. The largest absolute Gasteiger partial charge is 0.489 e. The molecule has 0 bridgehead atoms. The maximum absolute atomic E-state index is 9.47. The molecule has 0 heterocycles. The van der Waals surface area contributed by atoms with Gasteiger partial charge in [0, 0.05) is 12.7 Å². The van der Waals surface area contributed by atoms with Crippen molar-refractivity contribution in [3.05, 3.63) is 65.7 Å². The minimum atomic E-state index is -0.881. The number of aliphatic hydroxyl groups is 1. The molecule has 0 aromatic heterocycles. The van der Waals surface area contributed by atoms with Crippen molar-refractivity contribution in [3.8, 4) is 5.75 Å². The zero-order valence-corrected chi connectivity index (χ0v) is 10.2. The van der Waals surface area contributed by atoms with Crippen LogP contribution < -0.4 is 4.74 Å². The second-order valence-electron chi connectivity index (χ2n) is 3.93.